The first-order chi connectivity index (χ1) is 7.60. The fourth-order valence-electron chi connectivity index (χ4n) is 1.48. The van der Waals surface area contributed by atoms with Gasteiger partial charge in [0.15, 0.2) is 0 Å². The molecule has 0 aromatic heterocycles. The van der Waals surface area contributed by atoms with E-state index in [-0.39, 0.29) is 5.91 Å². The standard InChI is InChI=1S/C12H15BrClNO/c1-3-15(7-6-14)12(16)10-8-9(2)4-5-11(10)13/h4-5,8H,3,6-7H2,1-2H3. The van der Waals surface area contributed by atoms with Gasteiger partial charge in [-0.1, -0.05) is 11.6 Å². The van der Waals surface area contributed by atoms with Crippen molar-refractivity contribution in [2.75, 3.05) is 19.0 Å². The summed E-state index contributed by atoms with van der Waals surface area (Å²) in [6.45, 7) is 5.18. The zero-order valence-electron chi connectivity index (χ0n) is 9.46. The lowest BCUT2D eigenvalue weighted by atomic mass is 10.1. The lowest BCUT2D eigenvalue weighted by Crippen LogP contribution is -2.32. The Balaban J connectivity index is 2.98. The van der Waals surface area contributed by atoms with Crippen molar-refractivity contribution in [3.8, 4) is 0 Å². The van der Waals surface area contributed by atoms with Crippen LogP contribution in [0.3, 0.4) is 0 Å². The van der Waals surface area contributed by atoms with Crippen LogP contribution in [-0.2, 0) is 0 Å². The van der Waals surface area contributed by atoms with Gasteiger partial charge in [-0.2, -0.15) is 0 Å². The summed E-state index contributed by atoms with van der Waals surface area (Å²) in [4.78, 5) is 13.9. The van der Waals surface area contributed by atoms with Gasteiger partial charge in [0, 0.05) is 23.4 Å². The third kappa shape index (κ3) is 3.22. The van der Waals surface area contributed by atoms with Gasteiger partial charge >= 0.3 is 0 Å². The van der Waals surface area contributed by atoms with Crippen LogP contribution in [0.25, 0.3) is 0 Å². The first-order valence-corrected chi connectivity index (χ1v) is 6.54. The van der Waals surface area contributed by atoms with E-state index < -0.39 is 0 Å². The van der Waals surface area contributed by atoms with Gasteiger partial charge in [-0.15, -0.1) is 11.6 Å². The monoisotopic (exact) mass is 303 g/mol. The lowest BCUT2D eigenvalue weighted by Gasteiger charge is -2.20. The van der Waals surface area contributed by atoms with Crippen molar-refractivity contribution in [2.45, 2.75) is 13.8 Å². The van der Waals surface area contributed by atoms with Crippen molar-refractivity contribution in [1.29, 1.82) is 0 Å². The Morgan fingerprint density at radius 2 is 2.19 bits per heavy atom. The molecule has 0 aliphatic heterocycles. The molecule has 0 spiro atoms. The summed E-state index contributed by atoms with van der Waals surface area (Å²) in [6.07, 6.45) is 0. The van der Waals surface area contributed by atoms with E-state index in [9.17, 15) is 4.79 Å². The van der Waals surface area contributed by atoms with E-state index in [1.165, 1.54) is 0 Å². The molecule has 0 atom stereocenters. The van der Waals surface area contributed by atoms with Gasteiger partial charge in [-0.05, 0) is 41.9 Å². The zero-order chi connectivity index (χ0) is 12.1. The largest absolute Gasteiger partial charge is 0.338 e. The van der Waals surface area contributed by atoms with Crippen LogP contribution in [0.15, 0.2) is 22.7 Å². The fraction of sp³-hybridized carbons (Fsp3) is 0.417. The first kappa shape index (κ1) is 13.5. The third-order valence-electron chi connectivity index (χ3n) is 2.38. The smallest absolute Gasteiger partial charge is 0.255 e. The Bertz CT molecular complexity index is 381. The number of amides is 1. The molecule has 0 saturated heterocycles. The zero-order valence-corrected chi connectivity index (χ0v) is 11.8. The molecule has 0 fully saturated rings. The quantitative estimate of drug-likeness (QED) is 0.780. The molecule has 0 aliphatic rings. The minimum atomic E-state index is 0.0266. The molecule has 1 aromatic carbocycles. The number of aryl methyl sites for hydroxylation is 1. The predicted octanol–water partition coefficient (Wildman–Crippen LogP) is 3.46. The summed E-state index contributed by atoms with van der Waals surface area (Å²) in [7, 11) is 0. The molecular formula is C12H15BrClNO. The van der Waals surface area contributed by atoms with Crippen LogP contribution in [0.2, 0.25) is 0 Å². The summed E-state index contributed by atoms with van der Waals surface area (Å²) in [5, 5.41) is 0. The summed E-state index contributed by atoms with van der Waals surface area (Å²) in [5.74, 6) is 0.488. The van der Waals surface area contributed by atoms with Crippen molar-refractivity contribution >= 4 is 33.4 Å². The molecule has 0 bridgehead atoms. The number of alkyl halides is 1. The highest BCUT2D eigenvalue weighted by atomic mass is 79.9. The summed E-state index contributed by atoms with van der Waals surface area (Å²) < 4.78 is 0.830. The molecule has 0 N–H and O–H groups in total. The number of carbonyl (C=O) groups excluding carboxylic acids is 1. The highest BCUT2D eigenvalue weighted by Gasteiger charge is 2.16. The second-order valence-electron chi connectivity index (χ2n) is 3.56. The molecule has 0 heterocycles. The van der Waals surface area contributed by atoms with Crippen molar-refractivity contribution in [3.05, 3.63) is 33.8 Å². The normalized spacial score (nSPS) is 10.2. The van der Waals surface area contributed by atoms with E-state index in [0.717, 1.165) is 10.0 Å². The molecular weight excluding hydrogens is 289 g/mol. The molecule has 1 amide bonds. The molecule has 0 saturated carbocycles. The second-order valence-corrected chi connectivity index (χ2v) is 4.79. The van der Waals surface area contributed by atoms with Crippen LogP contribution < -0.4 is 0 Å². The number of halogens is 2. The average molecular weight is 305 g/mol. The summed E-state index contributed by atoms with van der Waals surface area (Å²) in [5.41, 5.74) is 1.78. The van der Waals surface area contributed by atoms with Gasteiger partial charge in [0.1, 0.15) is 0 Å². The van der Waals surface area contributed by atoms with Crippen LogP contribution in [0, 0.1) is 6.92 Å². The Kier molecular flexibility index (Phi) is 5.29. The van der Waals surface area contributed by atoms with E-state index in [2.05, 4.69) is 15.9 Å². The Morgan fingerprint density at radius 1 is 1.50 bits per heavy atom. The molecule has 0 aliphatic carbocycles. The van der Waals surface area contributed by atoms with E-state index in [4.69, 9.17) is 11.6 Å². The number of benzene rings is 1. The Hall–Kier alpha value is -0.540. The number of hydrogen-bond acceptors (Lipinski definition) is 1. The molecule has 1 rings (SSSR count). The lowest BCUT2D eigenvalue weighted by molar-refractivity contribution is 0.0773. The second kappa shape index (κ2) is 6.26. The SMILES string of the molecule is CCN(CCCl)C(=O)c1cc(C)ccc1Br. The topological polar surface area (TPSA) is 20.3 Å². The first-order valence-electron chi connectivity index (χ1n) is 5.21. The van der Waals surface area contributed by atoms with E-state index in [0.29, 0.717) is 24.5 Å². The minimum absolute atomic E-state index is 0.0266. The van der Waals surface area contributed by atoms with Crippen LogP contribution in [0.4, 0.5) is 0 Å². The highest BCUT2D eigenvalue weighted by molar-refractivity contribution is 9.10. The minimum Gasteiger partial charge on any atom is -0.338 e. The van der Waals surface area contributed by atoms with Crippen molar-refractivity contribution in [2.24, 2.45) is 0 Å². The number of rotatable bonds is 4. The van der Waals surface area contributed by atoms with Gasteiger partial charge in [-0.3, -0.25) is 4.79 Å². The van der Waals surface area contributed by atoms with Gasteiger partial charge in [0.25, 0.3) is 5.91 Å². The van der Waals surface area contributed by atoms with E-state index in [1.807, 2.05) is 32.0 Å². The molecule has 2 nitrogen and oxygen atoms in total. The molecule has 1 aromatic rings. The van der Waals surface area contributed by atoms with Crippen LogP contribution in [0.5, 0.6) is 0 Å². The van der Waals surface area contributed by atoms with Crippen LogP contribution in [-0.4, -0.2) is 29.8 Å². The predicted molar refractivity (Wildman–Crippen MR) is 71.2 cm³/mol. The van der Waals surface area contributed by atoms with Crippen molar-refractivity contribution in [1.82, 2.24) is 4.90 Å². The number of carbonyl (C=O) groups is 1. The number of nitrogens with zero attached hydrogens (tertiary/aromatic N) is 1. The Morgan fingerprint density at radius 3 is 2.75 bits per heavy atom. The van der Waals surface area contributed by atoms with Gasteiger partial charge in [0.2, 0.25) is 0 Å². The average Bonchev–Trinajstić information content (AvgIpc) is 2.28. The maximum Gasteiger partial charge on any atom is 0.255 e. The van der Waals surface area contributed by atoms with Crippen LogP contribution >= 0.6 is 27.5 Å². The highest BCUT2D eigenvalue weighted by Crippen LogP contribution is 2.19. The summed E-state index contributed by atoms with van der Waals surface area (Å²) in [6, 6.07) is 5.76. The van der Waals surface area contributed by atoms with Crippen molar-refractivity contribution in [3.63, 3.8) is 0 Å². The maximum atomic E-state index is 12.2. The third-order valence-corrected chi connectivity index (χ3v) is 3.24. The summed E-state index contributed by atoms with van der Waals surface area (Å²) >= 11 is 9.07. The molecule has 4 heteroatoms. The fourth-order valence-corrected chi connectivity index (χ4v) is 2.10. The molecule has 0 radical (unpaired) electrons. The number of hydrogen-bond donors (Lipinski definition) is 0. The van der Waals surface area contributed by atoms with E-state index >= 15 is 0 Å². The maximum absolute atomic E-state index is 12.2. The van der Waals surface area contributed by atoms with Crippen LogP contribution in [0.1, 0.15) is 22.8 Å². The van der Waals surface area contributed by atoms with Gasteiger partial charge in [-0.25, -0.2) is 0 Å². The molecule has 0 unspecified atom stereocenters. The van der Waals surface area contributed by atoms with Crippen molar-refractivity contribution < 1.29 is 4.79 Å². The van der Waals surface area contributed by atoms with Gasteiger partial charge < -0.3 is 4.90 Å². The molecule has 16 heavy (non-hydrogen) atoms. The molecule has 88 valence electrons. The Labute approximate surface area is 110 Å². The van der Waals surface area contributed by atoms with E-state index in [1.54, 1.807) is 4.90 Å². The van der Waals surface area contributed by atoms with Gasteiger partial charge in [0.05, 0.1) is 5.56 Å².